The Kier molecular flexibility index (Phi) is 5.93. The van der Waals surface area contributed by atoms with E-state index in [0.717, 1.165) is 12.1 Å². The van der Waals surface area contributed by atoms with Crippen LogP contribution in [0.3, 0.4) is 0 Å². The molecule has 2 aromatic carbocycles. The minimum Gasteiger partial charge on any atom is -0.494 e. The second kappa shape index (κ2) is 7.94. The number of rotatable bonds is 5. The van der Waals surface area contributed by atoms with Crippen molar-refractivity contribution < 1.29 is 27.8 Å². The summed E-state index contributed by atoms with van der Waals surface area (Å²) in [6.07, 6.45) is -1.23. The molecule has 0 unspecified atom stereocenters. The molecule has 25 heavy (non-hydrogen) atoms. The second-order valence-electron chi connectivity index (χ2n) is 5.01. The molecule has 0 heterocycles. The molecule has 0 fully saturated rings. The van der Waals surface area contributed by atoms with Crippen LogP contribution in [-0.4, -0.2) is 25.1 Å². The van der Waals surface area contributed by atoms with Gasteiger partial charge < -0.3 is 14.8 Å². The van der Waals surface area contributed by atoms with Gasteiger partial charge in [0.2, 0.25) is 0 Å². The maximum atomic E-state index is 13.7. The molecule has 0 aliphatic rings. The van der Waals surface area contributed by atoms with Gasteiger partial charge in [-0.2, -0.15) is 0 Å². The Labute approximate surface area is 147 Å². The topological polar surface area (TPSA) is 64.6 Å². The summed E-state index contributed by atoms with van der Waals surface area (Å²) < 4.78 is 37.0. The van der Waals surface area contributed by atoms with Crippen LogP contribution < -0.4 is 10.1 Å². The van der Waals surface area contributed by atoms with Crippen LogP contribution in [0.5, 0.6) is 5.75 Å². The first-order valence-electron chi connectivity index (χ1n) is 7.12. The summed E-state index contributed by atoms with van der Waals surface area (Å²) in [5.41, 5.74) is -0.191. The number of halogens is 3. The fourth-order valence-electron chi connectivity index (χ4n) is 1.90. The van der Waals surface area contributed by atoms with Crippen LogP contribution in [0, 0.1) is 11.6 Å². The van der Waals surface area contributed by atoms with E-state index >= 15 is 0 Å². The molecule has 1 N–H and O–H groups in total. The van der Waals surface area contributed by atoms with Gasteiger partial charge in [0.1, 0.15) is 5.82 Å². The van der Waals surface area contributed by atoms with E-state index in [1.807, 2.05) is 0 Å². The highest BCUT2D eigenvalue weighted by Gasteiger charge is 2.21. The molecular formula is C17H14ClF2NO4. The fraction of sp³-hybridized carbons (Fsp3) is 0.176. The number of esters is 1. The number of anilines is 1. The molecule has 0 spiro atoms. The molecule has 132 valence electrons. The van der Waals surface area contributed by atoms with Crippen LogP contribution in [0.15, 0.2) is 36.4 Å². The van der Waals surface area contributed by atoms with Gasteiger partial charge in [-0.3, -0.25) is 4.79 Å². The molecule has 0 aliphatic carbocycles. The van der Waals surface area contributed by atoms with E-state index in [1.54, 1.807) is 0 Å². The fourth-order valence-corrected chi connectivity index (χ4v) is 2.06. The molecule has 8 heteroatoms. The third kappa shape index (κ3) is 4.67. The molecule has 2 rings (SSSR count). The van der Waals surface area contributed by atoms with Crippen LogP contribution >= 0.6 is 11.6 Å². The summed E-state index contributed by atoms with van der Waals surface area (Å²) >= 11 is 5.63. The van der Waals surface area contributed by atoms with E-state index in [2.05, 4.69) is 5.32 Å². The van der Waals surface area contributed by atoms with E-state index in [1.165, 1.54) is 38.3 Å². The first-order valence-corrected chi connectivity index (χ1v) is 7.50. The average Bonchev–Trinajstić information content (AvgIpc) is 2.57. The van der Waals surface area contributed by atoms with Gasteiger partial charge in [0.15, 0.2) is 17.7 Å². The van der Waals surface area contributed by atoms with Gasteiger partial charge in [-0.05, 0) is 43.3 Å². The summed E-state index contributed by atoms with van der Waals surface area (Å²) in [7, 11) is 1.29. The van der Waals surface area contributed by atoms with Gasteiger partial charge in [-0.25, -0.2) is 13.6 Å². The van der Waals surface area contributed by atoms with Crippen LogP contribution in [0.25, 0.3) is 0 Å². The Bertz CT molecular complexity index is 813. The minimum absolute atomic E-state index is 0.0273. The van der Waals surface area contributed by atoms with Crippen molar-refractivity contribution in [2.24, 2.45) is 0 Å². The van der Waals surface area contributed by atoms with Crippen molar-refractivity contribution in [1.82, 2.24) is 0 Å². The van der Waals surface area contributed by atoms with E-state index in [9.17, 15) is 18.4 Å². The number of hydrogen-bond acceptors (Lipinski definition) is 4. The van der Waals surface area contributed by atoms with E-state index in [0.29, 0.717) is 0 Å². The minimum atomic E-state index is -1.23. The molecule has 1 atom stereocenters. The van der Waals surface area contributed by atoms with Gasteiger partial charge >= 0.3 is 5.97 Å². The standard InChI is InChI=1S/C17H14ClF2NO4/c1-9(16(22)21-14-5-4-11(18)8-12(14)19)25-17(23)10-3-6-15(24-2)13(20)7-10/h3-9H,1-2H3,(H,21,22)/t9-/m0/s1. The lowest BCUT2D eigenvalue weighted by Crippen LogP contribution is -2.30. The average molecular weight is 370 g/mol. The number of carbonyl (C=O) groups excluding carboxylic acids is 2. The van der Waals surface area contributed by atoms with E-state index in [4.69, 9.17) is 21.1 Å². The zero-order chi connectivity index (χ0) is 18.6. The molecule has 0 aliphatic heterocycles. The molecule has 0 aromatic heterocycles. The quantitative estimate of drug-likeness (QED) is 0.814. The summed E-state index contributed by atoms with van der Waals surface area (Å²) in [4.78, 5) is 24.0. The van der Waals surface area contributed by atoms with Crippen LogP contribution in [0.2, 0.25) is 5.02 Å². The molecule has 5 nitrogen and oxygen atoms in total. The largest absolute Gasteiger partial charge is 0.494 e. The van der Waals surface area contributed by atoms with Gasteiger partial charge in [0.25, 0.3) is 5.91 Å². The van der Waals surface area contributed by atoms with Crippen molar-refractivity contribution in [2.75, 3.05) is 12.4 Å². The zero-order valence-electron chi connectivity index (χ0n) is 13.3. The lowest BCUT2D eigenvalue weighted by Gasteiger charge is -2.14. The van der Waals surface area contributed by atoms with Crippen molar-refractivity contribution in [2.45, 2.75) is 13.0 Å². The monoisotopic (exact) mass is 369 g/mol. The van der Waals surface area contributed by atoms with E-state index < -0.39 is 29.6 Å². The predicted octanol–water partition coefficient (Wildman–Crippen LogP) is 3.81. The number of carbonyl (C=O) groups is 2. The first-order chi connectivity index (χ1) is 11.8. The highest BCUT2D eigenvalue weighted by atomic mass is 35.5. The number of methoxy groups -OCH3 is 1. The van der Waals surface area contributed by atoms with Crippen LogP contribution in [0.1, 0.15) is 17.3 Å². The van der Waals surface area contributed by atoms with Crippen molar-refractivity contribution in [3.8, 4) is 5.75 Å². The number of nitrogens with one attached hydrogen (secondary N) is 1. The van der Waals surface area contributed by atoms with E-state index in [-0.39, 0.29) is 22.0 Å². The maximum Gasteiger partial charge on any atom is 0.339 e. The lowest BCUT2D eigenvalue weighted by molar-refractivity contribution is -0.123. The van der Waals surface area contributed by atoms with Crippen molar-refractivity contribution >= 4 is 29.2 Å². The Hall–Kier alpha value is -2.67. The number of ether oxygens (including phenoxy) is 2. The van der Waals surface area contributed by atoms with Crippen LogP contribution in [-0.2, 0) is 9.53 Å². The molecule has 0 radical (unpaired) electrons. The first kappa shape index (κ1) is 18.7. The Morgan fingerprint density at radius 2 is 1.84 bits per heavy atom. The smallest absolute Gasteiger partial charge is 0.339 e. The summed E-state index contributed by atoms with van der Waals surface area (Å²) in [6.45, 7) is 1.31. The molecule has 0 bridgehead atoms. The summed E-state index contributed by atoms with van der Waals surface area (Å²) in [5.74, 6) is -3.14. The molecule has 0 saturated carbocycles. The predicted molar refractivity (Wildman–Crippen MR) is 87.9 cm³/mol. The second-order valence-corrected chi connectivity index (χ2v) is 5.45. The summed E-state index contributed by atoms with van der Waals surface area (Å²) in [6, 6.07) is 7.21. The third-order valence-corrected chi connectivity index (χ3v) is 3.46. The Balaban J connectivity index is 2.02. The van der Waals surface area contributed by atoms with Gasteiger partial charge in [-0.1, -0.05) is 11.6 Å². The van der Waals surface area contributed by atoms with Gasteiger partial charge in [0, 0.05) is 5.02 Å². The van der Waals surface area contributed by atoms with Crippen molar-refractivity contribution in [1.29, 1.82) is 0 Å². The Morgan fingerprint density at radius 3 is 2.44 bits per heavy atom. The Morgan fingerprint density at radius 1 is 1.12 bits per heavy atom. The number of benzene rings is 2. The molecular weight excluding hydrogens is 356 g/mol. The van der Waals surface area contributed by atoms with Crippen molar-refractivity contribution in [3.63, 3.8) is 0 Å². The van der Waals surface area contributed by atoms with Crippen LogP contribution in [0.4, 0.5) is 14.5 Å². The number of hydrogen-bond donors (Lipinski definition) is 1. The maximum absolute atomic E-state index is 13.7. The highest BCUT2D eigenvalue weighted by molar-refractivity contribution is 6.30. The lowest BCUT2D eigenvalue weighted by atomic mass is 10.2. The number of amides is 1. The normalized spacial score (nSPS) is 11.6. The third-order valence-electron chi connectivity index (χ3n) is 3.23. The highest BCUT2D eigenvalue weighted by Crippen LogP contribution is 2.20. The zero-order valence-corrected chi connectivity index (χ0v) is 14.1. The van der Waals surface area contributed by atoms with Gasteiger partial charge in [-0.15, -0.1) is 0 Å². The van der Waals surface area contributed by atoms with Gasteiger partial charge in [0.05, 0.1) is 18.4 Å². The molecule has 2 aromatic rings. The summed E-state index contributed by atoms with van der Waals surface area (Å²) in [5, 5.41) is 2.46. The SMILES string of the molecule is COc1ccc(C(=O)O[C@@H](C)C(=O)Nc2ccc(Cl)cc2F)cc1F. The molecule has 0 saturated heterocycles. The molecule has 1 amide bonds. The van der Waals surface area contributed by atoms with Crippen molar-refractivity contribution in [3.05, 3.63) is 58.6 Å².